The number of carbonyl (C=O) groups is 2. The Balaban J connectivity index is 2.53. The van der Waals surface area contributed by atoms with Gasteiger partial charge in [0.25, 0.3) is 0 Å². The van der Waals surface area contributed by atoms with Crippen molar-refractivity contribution >= 4 is 12.0 Å². The Kier molecular flexibility index (Phi) is 6.30. The van der Waals surface area contributed by atoms with Crippen LogP contribution in [0.3, 0.4) is 0 Å². The fourth-order valence-corrected chi connectivity index (χ4v) is 2.53. The minimum atomic E-state index is -0.943. The largest absolute Gasteiger partial charge is 0.480 e. The van der Waals surface area contributed by atoms with E-state index in [1.165, 1.54) is 0 Å². The van der Waals surface area contributed by atoms with Crippen molar-refractivity contribution in [3.8, 4) is 0 Å². The van der Waals surface area contributed by atoms with Gasteiger partial charge in [-0.25, -0.2) is 9.59 Å². The van der Waals surface area contributed by atoms with E-state index in [2.05, 4.69) is 19.2 Å². The van der Waals surface area contributed by atoms with Gasteiger partial charge in [0, 0.05) is 13.1 Å². The van der Waals surface area contributed by atoms with Gasteiger partial charge in [0.05, 0.1) is 0 Å². The van der Waals surface area contributed by atoms with Crippen molar-refractivity contribution in [3.05, 3.63) is 0 Å². The number of likely N-dealkylation sites (tertiary alicyclic amines) is 1. The van der Waals surface area contributed by atoms with Gasteiger partial charge in [-0.05, 0) is 31.1 Å². The predicted molar refractivity (Wildman–Crippen MR) is 78.7 cm³/mol. The van der Waals surface area contributed by atoms with Crippen LogP contribution >= 0.6 is 0 Å². The summed E-state index contributed by atoms with van der Waals surface area (Å²) in [6, 6.07) is -0.995. The Labute approximate surface area is 121 Å². The number of hydrogen-bond acceptors (Lipinski definition) is 2. The first-order valence-electron chi connectivity index (χ1n) is 7.64. The molecule has 20 heavy (non-hydrogen) atoms. The zero-order valence-corrected chi connectivity index (χ0v) is 12.9. The molecule has 0 aromatic carbocycles. The number of amides is 2. The zero-order valence-electron chi connectivity index (χ0n) is 12.9. The van der Waals surface area contributed by atoms with Crippen LogP contribution in [-0.2, 0) is 4.79 Å². The number of nitrogens with zero attached hydrogens (tertiary/aromatic N) is 1. The molecular weight excluding hydrogens is 256 g/mol. The second kappa shape index (κ2) is 7.50. The molecule has 1 saturated heterocycles. The Hall–Kier alpha value is -1.26. The van der Waals surface area contributed by atoms with Gasteiger partial charge in [-0.1, -0.05) is 33.6 Å². The lowest BCUT2D eigenvalue weighted by Gasteiger charge is -2.25. The second-order valence-corrected chi connectivity index (χ2v) is 6.49. The molecule has 5 nitrogen and oxygen atoms in total. The second-order valence-electron chi connectivity index (χ2n) is 6.49. The number of carbonyl (C=O) groups excluding carboxylic acids is 1. The fourth-order valence-electron chi connectivity index (χ4n) is 2.53. The number of nitrogens with one attached hydrogen (secondary N) is 1. The predicted octanol–water partition coefficient (Wildman–Crippen LogP) is 2.85. The molecule has 2 amide bonds. The van der Waals surface area contributed by atoms with Crippen molar-refractivity contribution in [2.24, 2.45) is 5.41 Å². The van der Waals surface area contributed by atoms with Crippen molar-refractivity contribution in [1.82, 2.24) is 10.2 Å². The van der Waals surface area contributed by atoms with Crippen molar-refractivity contribution in [1.29, 1.82) is 0 Å². The van der Waals surface area contributed by atoms with Gasteiger partial charge >= 0.3 is 12.0 Å². The Morgan fingerprint density at radius 3 is 2.60 bits per heavy atom. The molecule has 1 rings (SSSR count). The van der Waals surface area contributed by atoms with E-state index in [1.54, 1.807) is 4.90 Å². The van der Waals surface area contributed by atoms with Crippen LogP contribution in [0, 0.1) is 5.41 Å². The monoisotopic (exact) mass is 284 g/mol. The van der Waals surface area contributed by atoms with E-state index < -0.39 is 12.0 Å². The maximum Gasteiger partial charge on any atom is 0.326 e. The smallest absolute Gasteiger partial charge is 0.326 e. The molecule has 2 N–H and O–H groups in total. The molecule has 0 spiro atoms. The highest BCUT2D eigenvalue weighted by Gasteiger charge is 2.27. The van der Waals surface area contributed by atoms with Crippen LogP contribution in [0.25, 0.3) is 0 Å². The summed E-state index contributed by atoms with van der Waals surface area (Å²) < 4.78 is 0. The van der Waals surface area contributed by atoms with Crippen LogP contribution in [0.4, 0.5) is 4.79 Å². The molecule has 0 saturated carbocycles. The fraction of sp³-hybridized carbons (Fsp3) is 0.867. The quantitative estimate of drug-likeness (QED) is 0.815. The van der Waals surface area contributed by atoms with Gasteiger partial charge in [-0.2, -0.15) is 0 Å². The van der Waals surface area contributed by atoms with Gasteiger partial charge in [0.15, 0.2) is 0 Å². The SMILES string of the molecule is CCCC[C@H](NC(=O)N1CCCC(C)(C)CC1)C(=O)O. The number of rotatable bonds is 5. The van der Waals surface area contributed by atoms with Gasteiger partial charge in [-0.3, -0.25) is 0 Å². The highest BCUT2D eigenvalue weighted by Crippen LogP contribution is 2.29. The molecule has 5 heteroatoms. The van der Waals surface area contributed by atoms with Crippen molar-refractivity contribution < 1.29 is 14.7 Å². The molecule has 1 aliphatic rings. The van der Waals surface area contributed by atoms with Crippen LogP contribution in [0.2, 0.25) is 0 Å². The molecule has 1 fully saturated rings. The molecule has 0 aromatic heterocycles. The maximum atomic E-state index is 12.2. The van der Waals surface area contributed by atoms with Crippen LogP contribution in [-0.4, -0.2) is 41.1 Å². The number of aliphatic carboxylic acids is 1. The first kappa shape index (κ1) is 16.8. The zero-order chi connectivity index (χ0) is 15.2. The molecule has 1 heterocycles. The molecular formula is C15H28N2O3. The molecule has 1 aliphatic heterocycles. The summed E-state index contributed by atoms with van der Waals surface area (Å²) in [5.41, 5.74) is 0.267. The summed E-state index contributed by atoms with van der Waals surface area (Å²) >= 11 is 0. The van der Waals surface area contributed by atoms with Crippen LogP contribution in [0.15, 0.2) is 0 Å². The van der Waals surface area contributed by atoms with Gasteiger partial charge < -0.3 is 15.3 Å². The summed E-state index contributed by atoms with van der Waals surface area (Å²) in [4.78, 5) is 25.1. The summed E-state index contributed by atoms with van der Waals surface area (Å²) in [5.74, 6) is -0.943. The van der Waals surface area contributed by atoms with E-state index in [0.717, 1.165) is 38.6 Å². The van der Waals surface area contributed by atoms with E-state index in [4.69, 9.17) is 5.11 Å². The third kappa shape index (κ3) is 5.39. The van der Waals surface area contributed by atoms with E-state index in [1.807, 2.05) is 6.92 Å². The average molecular weight is 284 g/mol. The van der Waals surface area contributed by atoms with Gasteiger partial charge in [0.1, 0.15) is 6.04 Å². The molecule has 0 unspecified atom stereocenters. The Bertz CT molecular complexity index is 342. The topological polar surface area (TPSA) is 69.6 Å². The van der Waals surface area contributed by atoms with E-state index in [0.29, 0.717) is 13.0 Å². The third-order valence-electron chi connectivity index (χ3n) is 4.07. The first-order valence-corrected chi connectivity index (χ1v) is 7.64. The summed E-state index contributed by atoms with van der Waals surface area (Å²) in [5, 5.41) is 11.8. The number of carboxylic acid groups (broad SMARTS) is 1. The molecule has 1 atom stereocenters. The van der Waals surface area contributed by atoms with E-state index in [9.17, 15) is 9.59 Å². The first-order chi connectivity index (χ1) is 9.35. The minimum Gasteiger partial charge on any atom is -0.480 e. The molecule has 0 bridgehead atoms. The number of hydrogen-bond donors (Lipinski definition) is 2. The van der Waals surface area contributed by atoms with E-state index >= 15 is 0 Å². The van der Waals surface area contributed by atoms with Crippen LogP contribution in [0.5, 0.6) is 0 Å². The number of unbranched alkanes of at least 4 members (excludes halogenated alkanes) is 1. The lowest BCUT2D eigenvalue weighted by molar-refractivity contribution is -0.139. The van der Waals surface area contributed by atoms with Gasteiger partial charge in [0.2, 0.25) is 0 Å². The average Bonchev–Trinajstić information content (AvgIpc) is 2.55. The molecule has 0 aromatic rings. The Morgan fingerprint density at radius 2 is 2.00 bits per heavy atom. The molecule has 0 radical (unpaired) electrons. The van der Waals surface area contributed by atoms with E-state index in [-0.39, 0.29) is 11.4 Å². The standard InChI is InChI=1S/C15H28N2O3/c1-4-5-7-12(13(18)19)16-14(20)17-10-6-8-15(2,3)9-11-17/h12H,4-11H2,1-3H3,(H,16,20)(H,18,19)/t12-/m0/s1. The van der Waals surface area contributed by atoms with Crippen molar-refractivity contribution in [2.45, 2.75) is 65.3 Å². The maximum absolute atomic E-state index is 12.2. The highest BCUT2D eigenvalue weighted by atomic mass is 16.4. The van der Waals surface area contributed by atoms with Crippen molar-refractivity contribution in [2.75, 3.05) is 13.1 Å². The molecule has 116 valence electrons. The number of urea groups is 1. The normalized spacial score (nSPS) is 20.1. The Morgan fingerprint density at radius 1 is 1.30 bits per heavy atom. The molecule has 0 aliphatic carbocycles. The minimum absolute atomic E-state index is 0.230. The lowest BCUT2D eigenvalue weighted by atomic mass is 9.85. The number of carboxylic acids is 1. The highest BCUT2D eigenvalue weighted by molar-refractivity contribution is 5.82. The van der Waals surface area contributed by atoms with Gasteiger partial charge in [-0.15, -0.1) is 0 Å². The lowest BCUT2D eigenvalue weighted by Crippen LogP contribution is -2.48. The summed E-state index contributed by atoms with van der Waals surface area (Å²) in [6.45, 7) is 7.87. The third-order valence-corrected chi connectivity index (χ3v) is 4.07. The summed E-state index contributed by atoms with van der Waals surface area (Å²) in [7, 11) is 0. The summed E-state index contributed by atoms with van der Waals surface area (Å²) in [6.07, 6.45) is 5.29. The van der Waals surface area contributed by atoms with Crippen LogP contribution < -0.4 is 5.32 Å². The van der Waals surface area contributed by atoms with Crippen molar-refractivity contribution in [3.63, 3.8) is 0 Å². The van der Waals surface area contributed by atoms with Crippen LogP contribution in [0.1, 0.15) is 59.3 Å².